The molecule has 1 aromatic heterocycles. The van der Waals surface area contributed by atoms with Crippen LogP contribution in [0.15, 0.2) is 85.1 Å². The number of hydrogen-bond acceptors (Lipinski definition) is 2. The Balaban J connectivity index is 1.84. The molecule has 1 heterocycles. The Labute approximate surface area is 135 Å². The van der Waals surface area contributed by atoms with E-state index in [1.54, 1.807) is 11.1 Å². The van der Waals surface area contributed by atoms with Crippen LogP contribution >= 0.6 is 0 Å². The molecule has 4 nitrogen and oxygen atoms in total. The first-order valence-electron chi connectivity index (χ1n) is 7.41. The van der Waals surface area contributed by atoms with Crippen LogP contribution in [0.1, 0.15) is 5.56 Å². The van der Waals surface area contributed by atoms with Crippen LogP contribution in [0.25, 0.3) is 0 Å². The van der Waals surface area contributed by atoms with E-state index in [1.807, 2.05) is 78.9 Å². The molecule has 2 aromatic carbocycles. The van der Waals surface area contributed by atoms with Crippen molar-refractivity contribution in [2.45, 2.75) is 6.54 Å². The van der Waals surface area contributed by atoms with E-state index in [4.69, 9.17) is 0 Å². The Kier molecular flexibility index (Phi) is 4.64. The Hall–Kier alpha value is -3.14. The van der Waals surface area contributed by atoms with Crippen molar-refractivity contribution in [1.82, 2.24) is 4.98 Å². The van der Waals surface area contributed by atoms with E-state index >= 15 is 0 Å². The minimum Gasteiger partial charge on any atom is -0.307 e. The molecule has 2 amide bonds. The predicted octanol–water partition coefficient (Wildman–Crippen LogP) is 4.32. The highest BCUT2D eigenvalue weighted by atomic mass is 16.2. The number of amides is 2. The quantitative estimate of drug-likeness (QED) is 0.780. The van der Waals surface area contributed by atoms with Crippen LogP contribution in [0.3, 0.4) is 0 Å². The molecule has 0 aliphatic carbocycles. The SMILES string of the molecule is O=C(Nc1ccccc1)N(Cc1ccccc1)c1ccccn1. The molecule has 0 spiro atoms. The molecule has 3 rings (SSSR count). The number of nitrogens with zero attached hydrogens (tertiary/aromatic N) is 2. The number of hydrogen-bond donors (Lipinski definition) is 1. The smallest absolute Gasteiger partial charge is 0.307 e. The first kappa shape index (κ1) is 14.8. The topological polar surface area (TPSA) is 45.2 Å². The van der Waals surface area contributed by atoms with Gasteiger partial charge in [-0.1, -0.05) is 54.6 Å². The van der Waals surface area contributed by atoms with Crippen molar-refractivity contribution in [1.29, 1.82) is 0 Å². The van der Waals surface area contributed by atoms with E-state index in [0.29, 0.717) is 12.4 Å². The number of aromatic nitrogens is 1. The number of carbonyl (C=O) groups is 1. The average Bonchev–Trinajstić information content (AvgIpc) is 2.62. The highest BCUT2D eigenvalue weighted by Crippen LogP contribution is 2.16. The van der Waals surface area contributed by atoms with Gasteiger partial charge < -0.3 is 5.32 Å². The molecule has 3 aromatic rings. The summed E-state index contributed by atoms with van der Waals surface area (Å²) in [6.07, 6.45) is 1.68. The summed E-state index contributed by atoms with van der Waals surface area (Å²) in [6, 6.07) is 24.6. The van der Waals surface area contributed by atoms with Gasteiger partial charge in [0, 0.05) is 11.9 Å². The van der Waals surface area contributed by atoms with Crippen molar-refractivity contribution in [2.24, 2.45) is 0 Å². The summed E-state index contributed by atoms with van der Waals surface area (Å²) in [5.41, 5.74) is 1.80. The van der Waals surface area contributed by atoms with Gasteiger partial charge in [0.2, 0.25) is 0 Å². The molecule has 0 aliphatic rings. The highest BCUT2D eigenvalue weighted by molar-refractivity contribution is 6.00. The summed E-state index contributed by atoms with van der Waals surface area (Å²) in [6.45, 7) is 0.455. The Morgan fingerprint density at radius 3 is 2.17 bits per heavy atom. The fourth-order valence-corrected chi connectivity index (χ4v) is 2.25. The van der Waals surface area contributed by atoms with Crippen LogP contribution in [-0.2, 0) is 6.54 Å². The number of urea groups is 1. The minimum atomic E-state index is -0.209. The van der Waals surface area contributed by atoms with Gasteiger partial charge in [-0.15, -0.1) is 0 Å². The van der Waals surface area contributed by atoms with Gasteiger partial charge in [0.05, 0.1) is 6.54 Å². The van der Waals surface area contributed by atoms with Gasteiger partial charge >= 0.3 is 6.03 Å². The molecule has 0 fully saturated rings. The van der Waals surface area contributed by atoms with Crippen molar-refractivity contribution in [3.05, 3.63) is 90.6 Å². The largest absolute Gasteiger partial charge is 0.327 e. The number of rotatable bonds is 4. The second kappa shape index (κ2) is 7.22. The van der Waals surface area contributed by atoms with E-state index in [9.17, 15) is 4.79 Å². The third-order valence-electron chi connectivity index (χ3n) is 3.38. The lowest BCUT2D eigenvalue weighted by Crippen LogP contribution is -2.35. The van der Waals surface area contributed by atoms with E-state index in [1.165, 1.54) is 0 Å². The van der Waals surface area contributed by atoms with Crippen molar-refractivity contribution in [3.8, 4) is 0 Å². The number of carbonyl (C=O) groups excluding carboxylic acids is 1. The summed E-state index contributed by atoms with van der Waals surface area (Å²) in [4.78, 5) is 18.6. The summed E-state index contributed by atoms with van der Waals surface area (Å²) < 4.78 is 0. The molecule has 1 N–H and O–H groups in total. The standard InChI is InChI=1S/C19H17N3O/c23-19(21-17-11-5-2-6-12-17)22(18-13-7-8-14-20-18)15-16-9-3-1-4-10-16/h1-14H,15H2,(H,21,23). The normalized spacial score (nSPS) is 10.1. The number of para-hydroxylation sites is 1. The Morgan fingerprint density at radius 2 is 1.52 bits per heavy atom. The molecular weight excluding hydrogens is 286 g/mol. The molecule has 0 saturated carbocycles. The molecule has 23 heavy (non-hydrogen) atoms. The lowest BCUT2D eigenvalue weighted by molar-refractivity contribution is 0.256. The highest BCUT2D eigenvalue weighted by Gasteiger charge is 2.17. The maximum atomic E-state index is 12.7. The van der Waals surface area contributed by atoms with Crippen molar-refractivity contribution in [2.75, 3.05) is 10.2 Å². The summed E-state index contributed by atoms with van der Waals surface area (Å²) in [7, 11) is 0. The molecule has 0 aliphatic heterocycles. The second-order valence-corrected chi connectivity index (χ2v) is 5.06. The van der Waals surface area contributed by atoms with Crippen molar-refractivity contribution < 1.29 is 4.79 Å². The molecule has 114 valence electrons. The van der Waals surface area contributed by atoms with E-state index < -0.39 is 0 Å². The first-order valence-corrected chi connectivity index (χ1v) is 7.41. The van der Waals surface area contributed by atoms with E-state index in [2.05, 4.69) is 10.3 Å². The third kappa shape index (κ3) is 3.95. The third-order valence-corrected chi connectivity index (χ3v) is 3.38. The molecule has 0 bridgehead atoms. The molecule has 0 atom stereocenters. The Bertz CT molecular complexity index is 745. The lowest BCUT2D eigenvalue weighted by atomic mass is 10.2. The molecule has 0 unspecified atom stereocenters. The van der Waals surface area contributed by atoms with Gasteiger partial charge in [-0.05, 0) is 29.8 Å². The van der Waals surface area contributed by atoms with Crippen LogP contribution in [0.4, 0.5) is 16.3 Å². The second-order valence-electron chi connectivity index (χ2n) is 5.06. The van der Waals surface area contributed by atoms with E-state index in [-0.39, 0.29) is 6.03 Å². The zero-order valence-corrected chi connectivity index (χ0v) is 12.6. The molecular formula is C19H17N3O. The van der Waals surface area contributed by atoms with Crippen LogP contribution in [0.5, 0.6) is 0 Å². The van der Waals surface area contributed by atoms with Crippen molar-refractivity contribution in [3.63, 3.8) is 0 Å². The molecule has 0 radical (unpaired) electrons. The number of benzene rings is 2. The van der Waals surface area contributed by atoms with Gasteiger partial charge in [-0.25, -0.2) is 9.78 Å². The van der Waals surface area contributed by atoms with Crippen molar-refractivity contribution >= 4 is 17.5 Å². The predicted molar refractivity (Wildman–Crippen MR) is 92.3 cm³/mol. The van der Waals surface area contributed by atoms with Gasteiger partial charge in [0.1, 0.15) is 5.82 Å². The van der Waals surface area contributed by atoms with Crippen LogP contribution in [0.2, 0.25) is 0 Å². The molecule has 0 saturated heterocycles. The number of anilines is 2. The van der Waals surface area contributed by atoms with Gasteiger partial charge in [0.15, 0.2) is 0 Å². The maximum Gasteiger partial charge on any atom is 0.327 e. The van der Waals surface area contributed by atoms with Crippen LogP contribution in [0, 0.1) is 0 Å². The number of nitrogens with one attached hydrogen (secondary N) is 1. The van der Waals surface area contributed by atoms with Gasteiger partial charge in [-0.2, -0.15) is 0 Å². The summed E-state index contributed by atoms with van der Waals surface area (Å²) >= 11 is 0. The summed E-state index contributed by atoms with van der Waals surface area (Å²) in [5.74, 6) is 0.616. The Morgan fingerprint density at radius 1 is 0.870 bits per heavy atom. The fourth-order valence-electron chi connectivity index (χ4n) is 2.25. The van der Waals surface area contributed by atoms with Gasteiger partial charge in [0.25, 0.3) is 0 Å². The lowest BCUT2D eigenvalue weighted by Gasteiger charge is -2.22. The first-order chi connectivity index (χ1) is 11.3. The maximum absolute atomic E-state index is 12.7. The number of pyridine rings is 1. The minimum absolute atomic E-state index is 0.209. The average molecular weight is 303 g/mol. The zero-order valence-electron chi connectivity index (χ0n) is 12.6. The summed E-state index contributed by atoms with van der Waals surface area (Å²) in [5, 5.41) is 2.91. The molecule has 4 heteroatoms. The van der Waals surface area contributed by atoms with Crippen LogP contribution in [-0.4, -0.2) is 11.0 Å². The van der Waals surface area contributed by atoms with Gasteiger partial charge in [-0.3, -0.25) is 4.90 Å². The fraction of sp³-hybridized carbons (Fsp3) is 0.0526. The zero-order chi connectivity index (χ0) is 15.9. The van der Waals surface area contributed by atoms with E-state index in [0.717, 1.165) is 11.3 Å². The monoisotopic (exact) mass is 303 g/mol. The van der Waals surface area contributed by atoms with Crippen LogP contribution < -0.4 is 10.2 Å².